The zero-order valence-corrected chi connectivity index (χ0v) is 13.2. The van der Waals surface area contributed by atoms with Gasteiger partial charge in [-0.1, -0.05) is 24.8 Å². The zero-order chi connectivity index (χ0) is 15.4. The summed E-state index contributed by atoms with van der Waals surface area (Å²) in [5, 5.41) is 0. The van der Waals surface area contributed by atoms with Gasteiger partial charge in [-0.25, -0.2) is 0 Å². The molecule has 1 aromatic rings. The van der Waals surface area contributed by atoms with Crippen LogP contribution in [0.2, 0.25) is 0 Å². The van der Waals surface area contributed by atoms with Gasteiger partial charge in [0, 0.05) is 31.9 Å². The number of rotatable bonds is 4. The highest BCUT2D eigenvalue weighted by Gasteiger charge is 2.23. The molecule has 1 amide bonds. The molecule has 3 rings (SSSR count). The summed E-state index contributed by atoms with van der Waals surface area (Å²) >= 11 is 0. The van der Waals surface area contributed by atoms with Gasteiger partial charge in [-0.2, -0.15) is 0 Å². The summed E-state index contributed by atoms with van der Waals surface area (Å²) in [6.45, 7) is 10.1. The van der Waals surface area contributed by atoms with Gasteiger partial charge in [0.25, 0.3) is 0 Å². The molecule has 118 valence electrons. The molecule has 2 fully saturated rings. The molecule has 4 nitrogen and oxygen atoms in total. The highest BCUT2D eigenvalue weighted by Crippen LogP contribution is 2.19. The highest BCUT2D eigenvalue weighted by atomic mass is 16.2. The third-order valence-electron chi connectivity index (χ3n) is 4.66. The van der Waals surface area contributed by atoms with Crippen molar-refractivity contribution in [3.05, 3.63) is 36.4 Å². The fourth-order valence-electron chi connectivity index (χ4n) is 3.29. The van der Waals surface area contributed by atoms with Crippen molar-refractivity contribution in [2.75, 3.05) is 50.7 Å². The quantitative estimate of drug-likeness (QED) is 0.851. The van der Waals surface area contributed by atoms with Crippen LogP contribution < -0.4 is 4.90 Å². The van der Waals surface area contributed by atoms with Gasteiger partial charge in [0.1, 0.15) is 0 Å². The molecule has 0 aromatic heterocycles. The predicted octanol–water partition coefficient (Wildman–Crippen LogP) is 2.07. The number of nitrogens with zero attached hydrogens (tertiary/aromatic N) is 3. The van der Waals surface area contributed by atoms with Gasteiger partial charge in [0.05, 0.1) is 6.54 Å². The molecule has 0 spiro atoms. The summed E-state index contributed by atoms with van der Waals surface area (Å²) in [4.78, 5) is 19.0. The van der Waals surface area contributed by atoms with Crippen molar-refractivity contribution >= 4 is 17.7 Å². The maximum Gasteiger partial charge on any atom is 0.236 e. The average Bonchev–Trinajstić information content (AvgIpc) is 3.08. The van der Waals surface area contributed by atoms with E-state index in [0.29, 0.717) is 12.5 Å². The Morgan fingerprint density at radius 2 is 1.82 bits per heavy atom. The van der Waals surface area contributed by atoms with Crippen LogP contribution in [0.25, 0.3) is 6.08 Å². The van der Waals surface area contributed by atoms with Crippen LogP contribution in [0, 0.1) is 0 Å². The second kappa shape index (κ2) is 6.97. The van der Waals surface area contributed by atoms with Gasteiger partial charge in [-0.15, -0.1) is 0 Å². The molecule has 0 atom stereocenters. The molecule has 1 aromatic carbocycles. The topological polar surface area (TPSA) is 26.8 Å². The number of carbonyl (C=O) groups is 1. The Bertz CT molecular complexity index is 529. The van der Waals surface area contributed by atoms with Crippen LogP contribution in [0.1, 0.15) is 18.4 Å². The SMILES string of the molecule is C=Cc1cccc(N2CCN(C(=O)CN3CCCC3)CC2)c1. The van der Waals surface area contributed by atoms with E-state index in [2.05, 4.69) is 40.6 Å². The third kappa shape index (κ3) is 3.50. The van der Waals surface area contributed by atoms with Crippen LogP contribution >= 0.6 is 0 Å². The molecule has 0 aliphatic carbocycles. The van der Waals surface area contributed by atoms with Crippen molar-refractivity contribution in [1.29, 1.82) is 0 Å². The first-order valence-corrected chi connectivity index (χ1v) is 8.24. The smallest absolute Gasteiger partial charge is 0.236 e. The van der Waals surface area contributed by atoms with E-state index in [1.165, 1.54) is 18.5 Å². The predicted molar refractivity (Wildman–Crippen MR) is 91.0 cm³/mol. The lowest BCUT2D eigenvalue weighted by atomic mass is 10.1. The highest BCUT2D eigenvalue weighted by molar-refractivity contribution is 5.78. The van der Waals surface area contributed by atoms with E-state index in [4.69, 9.17) is 0 Å². The molecule has 0 N–H and O–H groups in total. The van der Waals surface area contributed by atoms with E-state index < -0.39 is 0 Å². The normalized spacial score (nSPS) is 19.5. The minimum Gasteiger partial charge on any atom is -0.368 e. The molecule has 2 saturated heterocycles. The minimum absolute atomic E-state index is 0.293. The molecule has 0 saturated carbocycles. The molecule has 0 unspecified atom stereocenters. The molecule has 0 bridgehead atoms. The monoisotopic (exact) mass is 299 g/mol. The number of hydrogen-bond donors (Lipinski definition) is 0. The van der Waals surface area contributed by atoms with Crippen LogP contribution in [-0.2, 0) is 4.79 Å². The summed E-state index contributed by atoms with van der Waals surface area (Å²) in [7, 11) is 0. The first kappa shape index (κ1) is 15.1. The Morgan fingerprint density at radius 3 is 2.50 bits per heavy atom. The number of piperazine rings is 1. The van der Waals surface area contributed by atoms with Crippen LogP contribution in [0.15, 0.2) is 30.8 Å². The fraction of sp³-hybridized carbons (Fsp3) is 0.500. The lowest BCUT2D eigenvalue weighted by molar-refractivity contribution is -0.132. The second-order valence-corrected chi connectivity index (χ2v) is 6.15. The van der Waals surface area contributed by atoms with Crippen molar-refractivity contribution in [3.8, 4) is 0 Å². The lowest BCUT2D eigenvalue weighted by Crippen LogP contribution is -2.51. The molecular formula is C18H25N3O. The van der Waals surface area contributed by atoms with Gasteiger partial charge in [-0.05, 0) is 43.6 Å². The molecule has 2 heterocycles. The van der Waals surface area contributed by atoms with Gasteiger partial charge in [0.15, 0.2) is 0 Å². The van der Waals surface area contributed by atoms with E-state index in [9.17, 15) is 4.79 Å². The third-order valence-corrected chi connectivity index (χ3v) is 4.66. The first-order valence-electron chi connectivity index (χ1n) is 8.24. The number of anilines is 1. The van der Waals surface area contributed by atoms with Crippen LogP contribution in [0.3, 0.4) is 0 Å². The van der Waals surface area contributed by atoms with E-state index in [1.807, 2.05) is 11.0 Å². The standard InChI is InChI=1S/C18H25N3O/c1-2-16-6-5-7-17(14-16)20-10-12-21(13-11-20)18(22)15-19-8-3-4-9-19/h2,5-7,14H,1,3-4,8-13,15H2. The largest absolute Gasteiger partial charge is 0.368 e. The summed E-state index contributed by atoms with van der Waals surface area (Å²) in [5.41, 5.74) is 2.37. The fourth-order valence-corrected chi connectivity index (χ4v) is 3.29. The Kier molecular flexibility index (Phi) is 4.78. The summed E-state index contributed by atoms with van der Waals surface area (Å²) in [6, 6.07) is 8.42. The van der Waals surface area contributed by atoms with E-state index >= 15 is 0 Å². The van der Waals surface area contributed by atoms with Crippen molar-refractivity contribution in [3.63, 3.8) is 0 Å². The van der Waals surface area contributed by atoms with E-state index in [-0.39, 0.29) is 0 Å². The minimum atomic E-state index is 0.293. The van der Waals surface area contributed by atoms with Gasteiger partial charge in [-0.3, -0.25) is 9.69 Å². The maximum absolute atomic E-state index is 12.4. The molecule has 2 aliphatic rings. The summed E-state index contributed by atoms with van der Waals surface area (Å²) < 4.78 is 0. The van der Waals surface area contributed by atoms with Crippen molar-refractivity contribution in [1.82, 2.24) is 9.80 Å². The Balaban J connectivity index is 1.53. The maximum atomic E-state index is 12.4. The Hall–Kier alpha value is -1.81. The molecule has 0 radical (unpaired) electrons. The van der Waals surface area contributed by atoms with Gasteiger partial charge < -0.3 is 9.80 Å². The van der Waals surface area contributed by atoms with Gasteiger partial charge in [0.2, 0.25) is 5.91 Å². The van der Waals surface area contributed by atoms with Crippen molar-refractivity contribution in [2.24, 2.45) is 0 Å². The van der Waals surface area contributed by atoms with Gasteiger partial charge >= 0.3 is 0 Å². The number of hydrogen-bond acceptors (Lipinski definition) is 3. The first-order chi connectivity index (χ1) is 10.8. The number of carbonyl (C=O) groups excluding carboxylic acids is 1. The Morgan fingerprint density at radius 1 is 1.09 bits per heavy atom. The summed E-state index contributed by atoms with van der Waals surface area (Å²) in [6.07, 6.45) is 4.35. The molecule has 4 heteroatoms. The average molecular weight is 299 g/mol. The molecule has 22 heavy (non-hydrogen) atoms. The second-order valence-electron chi connectivity index (χ2n) is 6.15. The molecular weight excluding hydrogens is 274 g/mol. The number of likely N-dealkylation sites (tertiary alicyclic amines) is 1. The van der Waals surface area contributed by atoms with E-state index in [0.717, 1.165) is 44.8 Å². The van der Waals surface area contributed by atoms with Crippen LogP contribution in [-0.4, -0.2) is 61.5 Å². The number of benzene rings is 1. The van der Waals surface area contributed by atoms with Crippen molar-refractivity contribution < 1.29 is 4.79 Å². The molecule has 2 aliphatic heterocycles. The van der Waals surface area contributed by atoms with Crippen molar-refractivity contribution in [2.45, 2.75) is 12.8 Å². The lowest BCUT2D eigenvalue weighted by Gasteiger charge is -2.36. The van der Waals surface area contributed by atoms with E-state index in [1.54, 1.807) is 0 Å². The zero-order valence-electron chi connectivity index (χ0n) is 13.2. The van der Waals surface area contributed by atoms with Crippen LogP contribution in [0.4, 0.5) is 5.69 Å². The number of amides is 1. The Labute approximate surface area is 133 Å². The van der Waals surface area contributed by atoms with Crippen LogP contribution in [0.5, 0.6) is 0 Å². The summed E-state index contributed by atoms with van der Waals surface area (Å²) in [5.74, 6) is 0.293.